The smallest absolute Gasteiger partial charge is 0.270 e. The van der Waals surface area contributed by atoms with E-state index in [9.17, 15) is 14.9 Å². The maximum absolute atomic E-state index is 13.6. The summed E-state index contributed by atoms with van der Waals surface area (Å²) < 4.78 is 0. The molecule has 0 atom stereocenters. The van der Waals surface area contributed by atoms with Crippen LogP contribution in [0.5, 0.6) is 0 Å². The number of hydrogen-bond donors (Lipinski definition) is 0. The molecule has 7 nitrogen and oxygen atoms in total. The lowest BCUT2D eigenvalue weighted by Crippen LogP contribution is -2.48. The summed E-state index contributed by atoms with van der Waals surface area (Å²) in [6.07, 6.45) is 7.63. The third-order valence-corrected chi connectivity index (χ3v) is 9.06. The number of benzene rings is 2. The van der Waals surface area contributed by atoms with Crippen LogP contribution < -0.4 is 4.90 Å². The van der Waals surface area contributed by atoms with E-state index in [4.69, 9.17) is 0 Å². The molecule has 34 heavy (non-hydrogen) atoms. The first-order valence-electron chi connectivity index (χ1n) is 11.9. The zero-order valence-electron chi connectivity index (χ0n) is 18.8. The molecule has 4 aliphatic carbocycles. The summed E-state index contributed by atoms with van der Waals surface area (Å²) in [7, 11) is 0. The SMILES string of the molecule is O=C(c1cccc([N+](=O)[O-])c1)N(Cc1ccccc1)c1nnc(C23CC4CC(CC(C4)C2)C3)s1. The van der Waals surface area contributed by atoms with Crippen molar-refractivity contribution in [3.05, 3.63) is 80.8 Å². The molecule has 8 heteroatoms. The number of anilines is 1. The van der Waals surface area contributed by atoms with Crippen LogP contribution in [0.3, 0.4) is 0 Å². The van der Waals surface area contributed by atoms with Gasteiger partial charge in [0.1, 0.15) is 5.01 Å². The summed E-state index contributed by atoms with van der Waals surface area (Å²) in [5.41, 5.74) is 1.25. The van der Waals surface area contributed by atoms with Crippen molar-refractivity contribution >= 4 is 28.1 Å². The van der Waals surface area contributed by atoms with Crippen molar-refractivity contribution in [2.75, 3.05) is 4.90 Å². The van der Waals surface area contributed by atoms with Crippen molar-refractivity contribution in [1.29, 1.82) is 0 Å². The third-order valence-electron chi connectivity index (χ3n) is 7.87. The van der Waals surface area contributed by atoms with Crippen LogP contribution in [0.1, 0.15) is 59.5 Å². The van der Waals surface area contributed by atoms with Crippen molar-refractivity contribution in [1.82, 2.24) is 10.2 Å². The molecule has 0 N–H and O–H groups in total. The second-order valence-electron chi connectivity index (χ2n) is 10.3. The van der Waals surface area contributed by atoms with Crippen molar-refractivity contribution in [3.8, 4) is 0 Å². The Morgan fingerprint density at radius 3 is 2.32 bits per heavy atom. The molecule has 2 aromatic carbocycles. The van der Waals surface area contributed by atoms with Gasteiger partial charge in [-0.25, -0.2) is 0 Å². The Labute approximate surface area is 202 Å². The minimum Gasteiger partial charge on any atom is -0.278 e. The molecule has 0 aliphatic heterocycles. The van der Waals surface area contributed by atoms with Crippen molar-refractivity contribution in [2.45, 2.75) is 50.5 Å². The number of hydrogen-bond acceptors (Lipinski definition) is 6. The van der Waals surface area contributed by atoms with Crippen LogP contribution in [-0.4, -0.2) is 21.0 Å². The Kier molecular flexibility index (Phi) is 5.21. The molecule has 4 bridgehead atoms. The summed E-state index contributed by atoms with van der Waals surface area (Å²) in [5.74, 6) is 2.09. The molecule has 0 unspecified atom stereocenters. The molecule has 174 valence electrons. The van der Waals surface area contributed by atoms with Gasteiger partial charge in [-0.15, -0.1) is 10.2 Å². The van der Waals surface area contributed by atoms with Gasteiger partial charge in [0.15, 0.2) is 0 Å². The fourth-order valence-electron chi connectivity index (χ4n) is 6.81. The first kappa shape index (κ1) is 21.4. The maximum Gasteiger partial charge on any atom is 0.270 e. The topological polar surface area (TPSA) is 89.2 Å². The molecule has 1 amide bonds. The average Bonchev–Trinajstić information content (AvgIpc) is 3.33. The summed E-state index contributed by atoms with van der Waals surface area (Å²) in [6.45, 7) is 0.331. The summed E-state index contributed by atoms with van der Waals surface area (Å²) in [4.78, 5) is 26.0. The predicted octanol–water partition coefficient (Wildman–Crippen LogP) is 5.76. The second-order valence-corrected chi connectivity index (χ2v) is 11.2. The van der Waals surface area contributed by atoms with E-state index in [1.165, 1.54) is 62.0 Å². The van der Waals surface area contributed by atoms with Crippen LogP contribution in [-0.2, 0) is 12.0 Å². The van der Waals surface area contributed by atoms with Crippen LogP contribution in [0.4, 0.5) is 10.8 Å². The highest BCUT2D eigenvalue weighted by atomic mass is 32.1. The molecule has 0 radical (unpaired) electrons. The quantitative estimate of drug-likeness (QED) is 0.335. The van der Waals surface area contributed by atoms with Gasteiger partial charge in [0, 0.05) is 23.1 Å². The number of rotatable bonds is 6. The van der Waals surface area contributed by atoms with Gasteiger partial charge >= 0.3 is 0 Å². The highest BCUT2D eigenvalue weighted by molar-refractivity contribution is 7.15. The average molecular weight is 475 g/mol. The van der Waals surface area contributed by atoms with Crippen molar-refractivity contribution in [3.63, 3.8) is 0 Å². The number of nitrogens with zero attached hydrogens (tertiary/aromatic N) is 4. The molecule has 1 aromatic heterocycles. The molecule has 4 fully saturated rings. The molecule has 4 saturated carbocycles. The van der Waals surface area contributed by atoms with Crippen LogP contribution in [0.25, 0.3) is 0 Å². The van der Waals surface area contributed by atoms with E-state index in [0.717, 1.165) is 28.3 Å². The van der Waals surface area contributed by atoms with Gasteiger partial charge in [-0.1, -0.05) is 47.7 Å². The number of carbonyl (C=O) groups excluding carboxylic acids is 1. The summed E-state index contributed by atoms with van der Waals surface area (Å²) in [6, 6.07) is 15.6. The predicted molar refractivity (Wildman–Crippen MR) is 130 cm³/mol. The number of aromatic nitrogens is 2. The highest BCUT2D eigenvalue weighted by Gasteiger charge is 2.53. The lowest BCUT2D eigenvalue weighted by Gasteiger charge is -2.55. The first-order valence-corrected chi connectivity index (χ1v) is 12.7. The Morgan fingerprint density at radius 1 is 1.00 bits per heavy atom. The lowest BCUT2D eigenvalue weighted by atomic mass is 9.50. The van der Waals surface area contributed by atoms with Crippen LogP contribution >= 0.6 is 11.3 Å². The summed E-state index contributed by atoms with van der Waals surface area (Å²) >= 11 is 1.53. The fourth-order valence-corrected chi connectivity index (χ4v) is 7.87. The van der Waals surface area contributed by atoms with Crippen LogP contribution in [0.15, 0.2) is 54.6 Å². The fraction of sp³-hybridized carbons (Fsp3) is 0.423. The van der Waals surface area contributed by atoms with Gasteiger partial charge in [-0.05, 0) is 67.9 Å². The van der Waals surface area contributed by atoms with Gasteiger partial charge in [-0.2, -0.15) is 0 Å². The van der Waals surface area contributed by atoms with E-state index < -0.39 is 4.92 Å². The van der Waals surface area contributed by atoms with Gasteiger partial charge in [0.05, 0.1) is 11.5 Å². The van der Waals surface area contributed by atoms with Gasteiger partial charge in [-0.3, -0.25) is 19.8 Å². The lowest BCUT2D eigenvalue weighted by molar-refractivity contribution is -0.384. The monoisotopic (exact) mass is 474 g/mol. The van der Waals surface area contributed by atoms with E-state index >= 15 is 0 Å². The normalized spacial score (nSPS) is 27.0. The van der Waals surface area contributed by atoms with E-state index in [1.807, 2.05) is 30.3 Å². The van der Waals surface area contributed by atoms with Gasteiger partial charge in [0.2, 0.25) is 5.13 Å². The van der Waals surface area contributed by atoms with Gasteiger partial charge < -0.3 is 0 Å². The molecular weight excluding hydrogens is 448 g/mol. The van der Waals surface area contributed by atoms with Gasteiger partial charge in [0.25, 0.3) is 11.6 Å². The second kappa shape index (κ2) is 8.27. The minimum atomic E-state index is -0.478. The molecule has 7 rings (SSSR count). The molecule has 0 saturated heterocycles. The maximum atomic E-state index is 13.6. The minimum absolute atomic E-state index is 0.1000. The van der Waals surface area contributed by atoms with Crippen molar-refractivity contribution in [2.24, 2.45) is 17.8 Å². The number of carbonyl (C=O) groups is 1. The zero-order valence-corrected chi connectivity index (χ0v) is 19.6. The van der Waals surface area contributed by atoms with Crippen LogP contribution in [0.2, 0.25) is 0 Å². The first-order chi connectivity index (χ1) is 16.5. The number of nitro groups is 1. The Balaban J connectivity index is 1.35. The van der Waals surface area contributed by atoms with Crippen molar-refractivity contribution < 1.29 is 9.72 Å². The zero-order chi connectivity index (χ0) is 23.3. The Morgan fingerprint density at radius 2 is 1.68 bits per heavy atom. The Hall–Kier alpha value is -3.13. The van der Waals surface area contributed by atoms with E-state index in [0.29, 0.717) is 11.7 Å². The summed E-state index contributed by atoms with van der Waals surface area (Å²) in [5, 5.41) is 22.1. The number of nitro benzene ring substituents is 1. The molecule has 0 spiro atoms. The van der Waals surface area contributed by atoms with E-state index in [2.05, 4.69) is 10.2 Å². The molecule has 4 aliphatic rings. The van der Waals surface area contributed by atoms with E-state index in [-0.39, 0.29) is 22.6 Å². The third kappa shape index (κ3) is 3.79. The number of amides is 1. The highest BCUT2D eigenvalue weighted by Crippen LogP contribution is 2.61. The molecule has 3 aromatic rings. The largest absolute Gasteiger partial charge is 0.278 e. The molecular formula is C26H26N4O3S. The number of non-ortho nitro benzene ring substituents is 1. The van der Waals surface area contributed by atoms with Crippen LogP contribution in [0, 0.1) is 27.9 Å². The Bertz CT molecular complexity index is 1210. The van der Waals surface area contributed by atoms with E-state index in [1.54, 1.807) is 17.0 Å². The standard InChI is InChI=1S/C26H26N4O3S/c31-23(21-7-4-8-22(12-21)30(32)33)29(16-17-5-2-1-3-6-17)25-28-27-24(34-25)26-13-18-9-19(14-26)11-20(10-18)15-26/h1-8,12,18-20H,9-11,13-16H2. The molecule has 1 heterocycles.